The van der Waals surface area contributed by atoms with Crippen LogP contribution in [0.1, 0.15) is 11.1 Å². The van der Waals surface area contributed by atoms with E-state index in [4.69, 9.17) is 5.11 Å². The molecule has 0 saturated carbocycles. The van der Waals surface area contributed by atoms with Gasteiger partial charge >= 0.3 is 0 Å². The summed E-state index contributed by atoms with van der Waals surface area (Å²) in [6.07, 6.45) is 1.67. The van der Waals surface area contributed by atoms with Crippen LogP contribution >= 0.6 is 0 Å². The average Bonchev–Trinajstić information content (AvgIpc) is 2.42. The molecule has 0 saturated heterocycles. The number of aliphatic hydroxyl groups is 1. The SMILES string of the molecule is O=c1ccccn1Cc1ccc(F)c(C#CCO)c1. The first-order chi connectivity index (χ1) is 9.20. The fourth-order valence-corrected chi connectivity index (χ4v) is 1.69. The number of nitrogens with zero attached hydrogens (tertiary/aromatic N) is 1. The number of halogens is 1. The molecule has 0 fully saturated rings. The molecule has 0 aliphatic carbocycles. The van der Waals surface area contributed by atoms with Crippen molar-refractivity contribution in [2.45, 2.75) is 6.54 Å². The maximum Gasteiger partial charge on any atom is 0.250 e. The molecular weight excluding hydrogens is 245 g/mol. The summed E-state index contributed by atoms with van der Waals surface area (Å²) in [5.41, 5.74) is 0.877. The molecular formula is C15H12FNO2. The Morgan fingerprint density at radius 3 is 2.84 bits per heavy atom. The van der Waals surface area contributed by atoms with Crippen LogP contribution in [0, 0.1) is 17.7 Å². The molecule has 1 aromatic carbocycles. The zero-order chi connectivity index (χ0) is 13.7. The minimum atomic E-state index is -0.440. The third kappa shape index (κ3) is 3.30. The lowest BCUT2D eigenvalue weighted by molar-refractivity contribution is 0.350. The van der Waals surface area contributed by atoms with Crippen molar-refractivity contribution in [1.82, 2.24) is 4.57 Å². The van der Waals surface area contributed by atoms with Crippen molar-refractivity contribution in [3.63, 3.8) is 0 Å². The molecule has 96 valence electrons. The first-order valence-electron chi connectivity index (χ1n) is 5.74. The zero-order valence-corrected chi connectivity index (χ0v) is 10.1. The molecule has 2 rings (SSSR count). The van der Waals surface area contributed by atoms with E-state index in [1.807, 2.05) is 0 Å². The molecule has 0 atom stereocenters. The van der Waals surface area contributed by atoms with Gasteiger partial charge in [-0.2, -0.15) is 0 Å². The summed E-state index contributed by atoms with van der Waals surface area (Å²) < 4.78 is 15.0. The fraction of sp³-hybridized carbons (Fsp3) is 0.133. The van der Waals surface area contributed by atoms with Crippen LogP contribution in [-0.4, -0.2) is 16.3 Å². The average molecular weight is 257 g/mol. The predicted octanol–water partition coefficient (Wildman–Crippen LogP) is 1.38. The van der Waals surface area contributed by atoms with Gasteiger partial charge in [0.2, 0.25) is 0 Å². The van der Waals surface area contributed by atoms with Gasteiger partial charge in [-0.25, -0.2) is 4.39 Å². The molecule has 4 heteroatoms. The minimum Gasteiger partial charge on any atom is -0.384 e. The van der Waals surface area contributed by atoms with Crippen LogP contribution in [0.15, 0.2) is 47.4 Å². The van der Waals surface area contributed by atoms with Crippen molar-refractivity contribution < 1.29 is 9.50 Å². The van der Waals surface area contributed by atoms with E-state index in [9.17, 15) is 9.18 Å². The number of pyridine rings is 1. The van der Waals surface area contributed by atoms with Gasteiger partial charge in [0.05, 0.1) is 12.1 Å². The molecule has 0 spiro atoms. The van der Waals surface area contributed by atoms with Crippen molar-refractivity contribution in [2.24, 2.45) is 0 Å². The molecule has 0 aliphatic rings. The number of hydrogen-bond acceptors (Lipinski definition) is 2. The molecule has 3 nitrogen and oxygen atoms in total. The summed E-state index contributed by atoms with van der Waals surface area (Å²) in [5.74, 6) is 4.51. The van der Waals surface area contributed by atoms with Gasteiger partial charge in [0.25, 0.3) is 5.56 Å². The highest BCUT2D eigenvalue weighted by Crippen LogP contribution is 2.10. The van der Waals surface area contributed by atoms with E-state index >= 15 is 0 Å². The minimum absolute atomic E-state index is 0.116. The second-order valence-electron chi connectivity index (χ2n) is 3.94. The highest BCUT2D eigenvalue weighted by molar-refractivity contribution is 5.38. The summed E-state index contributed by atoms with van der Waals surface area (Å²) in [4.78, 5) is 11.6. The molecule has 0 amide bonds. The topological polar surface area (TPSA) is 42.2 Å². The van der Waals surface area contributed by atoms with Crippen LogP contribution in [0.2, 0.25) is 0 Å². The zero-order valence-electron chi connectivity index (χ0n) is 10.1. The number of hydrogen-bond donors (Lipinski definition) is 1. The van der Waals surface area contributed by atoms with Crippen LogP contribution < -0.4 is 5.56 Å². The Morgan fingerprint density at radius 2 is 2.11 bits per heavy atom. The van der Waals surface area contributed by atoms with Gasteiger partial charge < -0.3 is 9.67 Å². The number of aliphatic hydroxyl groups excluding tert-OH is 1. The number of benzene rings is 1. The summed E-state index contributed by atoms with van der Waals surface area (Å²) in [6.45, 7) is 0.0373. The Balaban J connectivity index is 2.32. The standard InChI is InChI=1S/C15H12FNO2/c16-14-7-6-12(10-13(14)4-3-9-18)11-17-8-2-1-5-15(17)19/h1-2,5-8,10,18H,9,11H2. The normalized spacial score (nSPS) is 9.79. The van der Waals surface area contributed by atoms with E-state index < -0.39 is 5.82 Å². The smallest absolute Gasteiger partial charge is 0.250 e. The molecule has 1 aromatic heterocycles. The Bertz CT molecular complexity index is 695. The highest BCUT2D eigenvalue weighted by Gasteiger charge is 2.02. The van der Waals surface area contributed by atoms with Gasteiger partial charge in [-0.3, -0.25) is 4.79 Å². The maximum absolute atomic E-state index is 13.5. The lowest BCUT2D eigenvalue weighted by atomic mass is 10.1. The van der Waals surface area contributed by atoms with Gasteiger partial charge in [0.15, 0.2) is 0 Å². The van der Waals surface area contributed by atoms with Gasteiger partial charge in [-0.1, -0.05) is 24.0 Å². The van der Waals surface area contributed by atoms with Gasteiger partial charge in [-0.05, 0) is 23.8 Å². The third-order valence-corrected chi connectivity index (χ3v) is 2.58. The first-order valence-corrected chi connectivity index (χ1v) is 5.74. The Hall–Kier alpha value is -2.38. The second-order valence-corrected chi connectivity index (χ2v) is 3.94. The maximum atomic E-state index is 13.5. The largest absolute Gasteiger partial charge is 0.384 e. The fourth-order valence-electron chi connectivity index (χ4n) is 1.69. The third-order valence-electron chi connectivity index (χ3n) is 2.58. The molecule has 0 bridgehead atoms. The van der Waals surface area contributed by atoms with Crippen LogP contribution in [0.4, 0.5) is 4.39 Å². The van der Waals surface area contributed by atoms with Crippen LogP contribution in [0.25, 0.3) is 0 Å². The summed E-state index contributed by atoms with van der Waals surface area (Å²) in [7, 11) is 0. The van der Waals surface area contributed by atoms with Crippen molar-refractivity contribution >= 4 is 0 Å². The predicted molar refractivity (Wildman–Crippen MR) is 70.2 cm³/mol. The number of rotatable bonds is 2. The molecule has 0 aliphatic heterocycles. The van der Waals surface area contributed by atoms with E-state index in [2.05, 4.69) is 11.8 Å². The Morgan fingerprint density at radius 1 is 1.26 bits per heavy atom. The first kappa shape index (κ1) is 13.1. The number of aromatic nitrogens is 1. The van der Waals surface area contributed by atoms with E-state index in [-0.39, 0.29) is 17.7 Å². The molecule has 0 unspecified atom stereocenters. The van der Waals surface area contributed by atoms with Gasteiger partial charge in [-0.15, -0.1) is 0 Å². The summed E-state index contributed by atoms with van der Waals surface area (Å²) in [5, 5.41) is 8.62. The van der Waals surface area contributed by atoms with Crippen molar-refractivity contribution in [3.8, 4) is 11.8 Å². The molecule has 19 heavy (non-hydrogen) atoms. The monoisotopic (exact) mass is 257 g/mol. The van der Waals surface area contributed by atoms with Crippen LogP contribution in [0.3, 0.4) is 0 Å². The van der Waals surface area contributed by atoms with Crippen molar-refractivity contribution in [3.05, 3.63) is 69.9 Å². The summed E-state index contributed by atoms with van der Waals surface area (Å²) in [6, 6.07) is 9.40. The molecule has 0 radical (unpaired) electrons. The summed E-state index contributed by atoms with van der Waals surface area (Å²) >= 11 is 0. The lowest BCUT2D eigenvalue weighted by Gasteiger charge is -2.06. The van der Waals surface area contributed by atoms with Crippen molar-refractivity contribution in [1.29, 1.82) is 0 Å². The van der Waals surface area contributed by atoms with Crippen LogP contribution in [0.5, 0.6) is 0 Å². The van der Waals surface area contributed by atoms with E-state index in [0.29, 0.717) is 6.54 Å². The van der Waals surface area contributed by atoms with Crippen molar-refractivity contribution in [2.75, 3.05) is 6.61 Å². The van der Waals surface area contributed by atoms with E-state index in [1.54, 1.807) is 30.5 Å². The van der Waals surface area contributed by atoms with E-state index in [1.165, 1.54) is 16.7 Å². The van der Waals surface area contributed by atoms with Gasteiger partial charge in [0, 0.05) is 12.3 Å². The molecule has 1 heterocycles. The highest BCUT2D eigenvalue weighted by atomic mass is 19.1. The Kier molecular flexibility index (Phi) is 4.11. The van der Waals surface area contributed by atoms with Crippen LogP contribution in [-0.2, 0) is 6.54 Å². The molecule has 2 aromatic rings. The molecule has 1 N–H and O–H groups in total. The quantitative estimate of drug-likeness (QED) is 0.826. The lowest BCUT2D eigenvalue weighted by Crippen LogP contribution is -2.18. The second kappa shape index (κ2) is 5.98. The van der Waals surface area contributed by atoms with E-state index in [0.717, 1.165) is 5.56 Å². The van der Waals surface area contributed by atoms with Gasteiger partial charge in [0.1, 0.15) is 12.4 Å². The Labute approximate surface area is 109 Å².